The highest BCUT2D eigenvalue weighted by Gasteiger charge is 2.10. The van der Waals surface area contributed by atoms with Crippen molar-refractivity contribution in [2.45, 2.75) is 19.3 Å². The van der Waals surface area contributed by atoms with Crippen LogP contribution in [0.2, 0.25) is 5.02 Å². The number of thiophene rings is 1. The summed E-state index contributed by atoms with van der Waals surface area (Å²) in [7, 11) is 1.53. The molecule has 0 aliphatic carbocycles. The van der Waals surface area contributed by atoms with Crippen LogP contribution in [0, 0.1) is 0 Å². The summed E-state index contributed by atoms with van der Waals surface area (Å²) in [6, 6.07) is 15.9. The van der Waals surface area contributed by atoms with Gasteiger partial charge in [-0.15, -0.1) is 11.3 Å². The van der Waals surface area contributed by atoms with E-state index < -0.39 is 0 Å². The lowest BCUT2D eigenvalue weighted by Crippen LogP contribution is -2.14. The second-order valence-electron chi connectivity index (χ2n) is 6.37. The van der Waals surface area contributed by atoms with Gasteiger partial charge in [0.25, 0.3) is 5.91 Å². The molecule has 2 aromatic carbocycles. The van der Waals surface area contributed by atoms with E-state index in [0.717, 1.165) is 12.8 Å². The average molecular weight is 429 g/mol. The van der Waals surface area contributed by atoms with Crippen molar-refractivity contribution in [2.75, 3.05) is 17.7 Å². The first kappa shape index (κ1) is 20.9. The van der Waals surface area contributed by atoms with Gasteiger partial charge in [-0.05, 0) is 60.7 Å². The van der Waals surface area contributed by atoms with E-state index in [0.29, 0.717) is 34.1 Å². The Morgan fingerprint density at radius 3 is 2.59 bits per heavy atom. The van der Waals surface area contributed by atoms with Gasteiger partial charge < -0.3 is 15.4 Å². The Labute approximate surface area is 178 Å². The molecule has 29 heavy (non-hydrogen) atoms. The van der Waals surface area contributed by atoms with E-state index in [9.17, 15) is 9.59 Å². The number of rotatable bonds is 8. The molecule has 7 heteroatoms. The van der Waals surface area contributed by atoms with Crippen LogP contribution in [0.1, 0.15) is 28.1 Å². The highest BCUT2D eigenvalue weighted by atomic mass is 35.5. The Hall–Kier alpha value is -2.83. The number of anilines is 2. The molecule has 0 aliphatic heterocycles. The van der Waals surface area contributed by atoms with Crippen molar-refractivity contribution in [3.63, 3.8) is 0 Å². The van der Waals surface area contributed by atoms with Crippen molar-refractivity contribution in [1.82, 2.24) is 0 Å². The number of nitrogens with one attached hydrogen (secondary N) is 2. The molecule has 0 fully saturated rings. The maximum absolute atomic E-state index is 12.5. The van der Waals surface area contributed by atoms with Crippen molar-refractivity contribution in [3.8, 4) is 5.75 Å². The minimum atomic E-state index is -0.292. The van der Waals surface area contributed by atoms with Crippen LogP contribution >= 0.6 is 22.9 Å². The molecule has 0 saturated heterocycles. The topological polar surface area (TPSA) is 67.4 Å². The highest BCUT2D eigenvalue weighted by Crippen LogP contribution is 2.27. The van der Waals surface area contributed by atoms with E-state index in [1.54, 1.807) is 53.8 Å². The summed E-state index contributed by atoms with van der Waals surface area (Å²) < 4.78 is 5.11. The zero-order valence-corrected chi connectivity index (χ0v) is 17.5. The number of halogens is 1. The van der Waals surface area contributed by atoms with Gasteiger partial charge in [-0.3, -0.25) is 9.59 Å². The molecule has 0 spiro atoms. The Bertz CT molecular complexity index is 989. The molecule has 150 valence electrons. The number of carbonyl (C=O) groups is 2. The minimum Gasteiger partial charge on any atom is -0.495 e. The summed E-state index contributed by atoms with van der Waals surface area (Å²) in [6.45, 7) is 0. The number of benzene rings is 2. The van der Waals surface area contributed by atoms with E-state index in [4.69, 9.17) is 16.3 Å². The number of carbonyl (C=O) groups excluding carboxylic acids is 2. The van der Waals surface area contributed by atoms with Crippen LogP contribution in [-0.2, 0) is 11.2 Å². The third-order valence-electron chi connectivity index (χ3n) is 4.23. The Morgan fingerprint density at radius 2 is 1.86 bits per heavy atom. The zero-order valence-electron chi connectivity index (χ0n) is 15.9. The van der Waals surface area contributed by atoms with E-state index in [-0.39, 0.29) is 11.8 Å². The van der Waals surface area contributed by atoms with Gasteiger partial charge in [-0.1, -0.05) is 23.7 Å². The van der Waals surface area contributed by atoms with Crippen LogP contribution in [-0.4, -0.2) is 18.9 Å². The fraction of sp³-hybridized carbons (Fsp3) is 0.182. The molecule has 0 bridgehead atoms. The van der Waals surface area contributed by atoms with Crippen LogP contribution in [0.15, 0.2) is 60.0 Å². The Kier molecular flexibility index (Phi) is 7.27. The first-order chi connectivity index (χ1) is 14.0. The van der Waals surface area contributed by atoms with Crippen LogP contribution in [0.5, 0.6) is 5.75 Å². The van der Waals surface area contributed by atoms with Gasteiger partial charge in [0.15, 0.2) is 0 Å². The average Bonchev–Trinajstić information content (AvgIpc) is 3.22. The van der Waals surface area contributed by atoms with Gasteiger partial charge in [0.2, 0.25) is 5.91 Å². The quantitative estimate of drug-likeness (QED) is 0.489. The molecule has 0 saturated carbocycles. The van der Waals surface area contributed by atoms with Crippen LogP contribution in [0.4, 0.5) is 11.4 Å². The fourth-order valence-corrected chi connectivity index (χ4v) is 3.80. The summed E-state index contributed by atoms with van der Waals surface area (Å²) in [4.78, 5) is 26.0. The number of aryl methyl sites for hydroxylation is 1. The summed E-state index contributed by atoms with van der Waals surface area (Å²) in [5, 5.41) is 8.09. The smallest absolute Gasteiger partial charge is 0.255 e. The second-order valence-corrected chi connectivity index (χ2v) is 7.80. The van der Waals surface area contributed by atoms with Crippen LogP contribution in [0.25, 0.3) is 0 Å². The highest BCUT2D eigenvalue weighted by molar-refractivity contribution is 7.09. The van der Waals surface area contributed by atoms with Crippen molar-refractivity contribution in [2.24, 2.45) is 0 Å². The largest absolute Gasteiger partial charge is 0.495 e. The predicted molar refractivity (Wildman–Crippen MR) is 118 cm³/mol. The molecule has 0 unspecified atom stereocenters. The molecular weight excluding hydrogens is 408 g/mol. The lowest BCUT2D eigenvalue weighted by atomic mass is 10.1. The predicted octanol–water partition coefficient (Wildman–Crippen LogP) is 5.62. The van der Waals surface area contributed by atoms with Crippen molar-refractivity contribution < 1.29 is 14.3 Å². The van der Waals surface area contributed by atoms with Gasteiger partial charge in [-0.2, -0.15) is 0 Å². The van der Waals surface area contributed by atoms with Crippen molar-refractivity contribution in [1.29, 1.82) is 0 Å². The van der Waals surface area contributed by atoms with Gasteiger partial charge >= 0.3 is 0 Å². The molecule has 0 aliphatic rings. The maximum Gasteiger partial charge on any atom is 0.255 e. The molecule has 3 aromatic rings. The second kappa shape index (κ2) is 10.1. The molecule has 1 heterocycles. The van der Waals surface area contributed by atoms with Crippen LogP contribution in [0.3, 0.4) is 0 Å². The summed E-state index contributed by atoms with van der Waals surface area (Å²) in [5.41, 5.74) is 1.59. The molecular formula is C22H21ClN2O3S. The SMILES string of the molecule is COc1ccc(NC(=O)c2cccc(NC(=O)CCCc3cccs3)c2)cc1Cl. The van der Waals surface area contributed by atoms with Crippen LogP contribution < -0.4 is 15.4 Å². The summed E-state index contributed by atoms with van der Waals surface area (Å²) in [5.74, 6) is 0.175. The first-order valence-electron chi connectivity index (χ1n) is 9.12. The van der Waals surface area contributed by atoms with Crippen molar-refractivity contribution in [3.05, 3.63) is 75.4 Å². The minimum absolute atomic E-state index is 0.0685. The standard InChI is InChI=1S/C22H21ClN2O3S/c1-28-20-11-10-17(14-19(20)23)25-22(27)15-5-2-6-16(13-15)24-21(26)9-3-7-18-8-4-12-29-18/h2,4-6,8,10-14H,3,7,9H2,1H3,(H,24,26)(H,25,27). The molecule has 1 aromatic heterocycles. The normalized spacial score (nSPS) is 10.4. The lowest BCUT2D eigenvalue weighted by molar-refractivity contribution is -0.116. The van der Waals surface area contributed by atoms with Gasteiger partial charge in [0.05, 0.1) is 12.1 Å². The molecule has 5 nitrogen and oxygen atoms in total. The third kappa shape index (κ3) is 6.07. The lowest BCUT2D eigenvalue weighted by Gasteiger charge is -2.10. The van der Waals surface area contributed by atoms with E-state index in [1.165, 1.54) is 12.0 Å². The Morgan fingerprint density at radius 1 is 1.03 bits per heavy atom. The molecule has 0 atom stereocenters. The summed E-state index contributed by atoms with van der Waals surface area (Å²) >= 11 is 7.79. The number of methoxy groups -OCH3 is 1. The number of amides is 2. The summed E-state index contributed by atoms with van der Waals surface area (Å²) in [6.07, 6.45) is 2.10. The number of ether oxygens (including phenoxy) is 1. The Balaban J connectivity index is 1.56. The molecule has 2 N–H and O–H groups in total. The van der Waals surface area contributed by atoms with E-state index in [2.05, 4.69) is 16.7 Å². The van der Waals surface area contributed by atoms with Crippen molar-refractivity contribution >= 4 is 46.1 Å². The zero-order chi connectivity index (χ0) is 20.6. The maximum atomic E-state index is 12.5. The molecule has 3 rings (SSSR count). The number of hydrogen-bond donors (Lipinski definition) is 2. The monoisotopic (exact) mass is 428 g/mol. The van der Waals surface area contributed by atoms with E-state index in [1.807, 2.05) is 11.4 Å². The van der Waals surface area contributed by atoms with Gasteiger partial charge in [0, 0.05) is 28.2 Å². The van der Waals surface area contributed by atoms with Gasteiger partial charge in [-0.25, -0.2) is 0 Å². The van der Waals surface area contributed by atoms with E-state index >= 15 is 0 Å². The fourth-order valence-electron chi connectivity index (χ4n) is 2.79. The van der Waals surface area contributed by atoms with Gasteiger partial charge in [0.1, 0.15) is 5.75 Å². The third-order valence-corrected chi connectivity index (χ3v) is 5.46. The molecule has 2 amide bonds. The first-order valence-corrected chi connectivity index (χ1v) is 10.4. The molecule has 0 radical (unpaired) electrons. The number of hydrogen-bond acceptors (Lipinski definition) is 4.